The van der Waals surface area contributed by atoms with Crippen molar-refractivity contribution >= 4 is 22.8 Å². The molecule has 2 rings (SSSR count). The second kappa shape index (κ2) is 13.9. The SMILES string of the molecule is C.C.Cc1cccc([C@H](C)NCl)c1.Cc1cccc([C@H](C)N[S@](=O)C(C)(C)C)c1. The van der Waals surface area contributed by atoms with E-state index < -0.39 is 11.0 Å². The summed E-state index contributed by atoms with van der Waals surface area (Å²) in [6.07, 6.45) is 0. The molecule has 166 valence electrons. The van der Waals surface area contributed by atoms with Crippen molar-refractivity contribution < 1.29 is 4.21 Å². The first-order valence-electron chi connectivity index (χ1n) is 9.22. The Bertz CT molecular complexity index is 744. The number of aryl methyl sites for hydroxylation is 2. The highest BCUT2D eigenvalue weighted by Crippen LogP contribution is 2.17. The Kier molecular flexibility index (Phi) is 14.4. The van der Waals surface area contributed by atoms with E-state index in [-0.39, 0.29) is 31.7 Å². The number of hydrogen-bond donors (Lipinski definition) is 2. The van der Waals surface area contributed by atoms with Crippen LogP contribution >= 0.6 is 11.8 Å². The highest BCUT2D eigenvalue weighted by atomic mass is 35.5. The van der Waals surface area contributed by atoms with E-state index in [4.69, 9.17) is 11.8 Å². The topological polar surface area (TPSA) is 41.1 Å². The van der Waals surface area contributed by atoms with Crippen molar-refractivity contribution in [2.75, 3.05) is 0 Å². The summed E-state index contributed by atoms with van der Waals surface area (Å²) in [4.78, 5) is 2.68. The average molecular weight is 441 g/mol. The molecule has 2 aromatic rings. The van der Waals surface area contributed by atoms with Gasteiger partial charge in [-0.2, -0.15) is 0 Å². The standard InChI is InChI=1S/C13H21NOS.C9H12ClN.2CH4/c1-10-7-6-8-12(9-10)11(2)14-16(15)13(3,4)5;1-7-4-3-5-9(6-7)8(2)11-10;;/h6-9,11,14H,1-5H3;3-6,8,11H,1-2H3;2*1H4/t11-,16+;8-;;/m00../s1. The van der Waals surface area contributed by atoms with Crippen LogP contribution in [0.1, 0.15) is 83.8 Å². The lowest BCUT2D eigenvalue weighted by Gasteiger charge is -2.22. The van der Waals surface area contributed by atoms with E-state index in [1.807, 2.05) is 46.8 Å². The Morgan fingerprint density at radius 3 is 1.62 bits per heavy atom. The van der Waals surface area contributed by atoms with Gasteiger partial charge in [-0.15, -0.1) is 0 Å². The zero-order valence-electron chi connectivity index (χ0n) is 17.5. The van der Waals surface area contributed by atoms with Gasteiger partial charge in [0.1, 0.15) is 0 Å². The second-order valence-electron chi connectivity index (χ2n) is 7.88. The second-order valence-corrected chi connectivity index (χ2v) is 10.1. The van der Waals surface area contributed by atoms with Gasteiger partial charge in [0.05, 0.1) is 15.7 Å². The highest BCUT2D eigenvalue weighted by Gasteiger charge is 2.21. The smallest absolute Gasteiger partial charge is 0.0975 e. The fourth-order valence-corrected chi connectivity index (χ4v) is 3.28. The summed E-state index contributed by atoms with van der Waals surface area (Å²) < 4.78 is 14.8. The van der Waals surface area contributed by atoms with E-state index in [1.54, 1.807) is 0 Å². The molecule has 3 atom stereocenters. The Morgan fingerprint density at radius 2 is 1.28 bits per heavy atom. The van der Waals surface area contributed by atoms with Crippen LogP contribution in [0, 0.1) is 13.8 Å². The lowest BCUT2D eigenvalue weighted by Crippen LogP contribution is -2.34. The van der Waals surface area contributed by atoms with Gasteiger partial charge < -0.3 is 0 Å². The first kappa shape index (κ1) is 30.0. The van der Waals surface area contributed by atoms with Gasteiger partial charge in [0.25, 0.3) is 0 Å². The molecule has 0 unspecified atom stereocenters. The first-order chi connectivity index (χ1) is 12.5. The predicted octanol–water partition coefficient (Wildman–Crippen LogP) is 7.18. The van der Waals surface area contributed by atoms with E-state index in [2.05, 4.69) is 59.8 Å². The number of rotatable bonds is 5. The van der Waals surface area contributed by atoms with Gasteiger partial charge >= 0.3 is 0 Å². The lowest BCUT2D eigenvalue weighted by atomic mass is 10.1. The van der Waals surface area contributed by atoms with E-state index in [0.29, 0.717) is 0 Å². The summed E-state index contributed by atoms with van der Waals surface area (Å²) in [7, 11) is -1.02. The molecule has 2 aromatic carbocycles. The fraction of sp³-hybridized carbons (Fsp3) is 0.500. The van der Waals surface area contributed by atoms with Crippen LogP contribution in [-0.4, -0.2) is 8.96 Å². The Morgan fingerprint density at radius 1 is 0.862 bits per heavy atom. The van der Waals surface area contributed by atoms with Crippen LogP contribution in [0.15, 0.2) is 48.5 Å². The molecule has 0 saturated heterocycles. The molecule has 3 nitrogen and oxygen atoms in total. The Hall–Kier alpha value is -1.20. The molecular formula is C24H41ClN2OS. The highest BCUT2D eigenvalue weighted by molar-refractivity contribution is 7.84. The number of halogens is 1. The maximum Gasteiger partial charge on any atom is 0.0975 e. The van der Waals surface area contributed by atoms with E-state index in [9.17, 15) is 4.21 Å². The van der Waals surface area contributed by atoms with Crippen molar-refractivity contribution in [2.24, 2.45) is 0 Å². The van der Waals surface area contributed by atoms with Gasteiger partial charge in [-0.1, -0.05) is 74.5 Å². The molecule has 0 spiro atoms. The number of nitrogens with one attached hydrogen (secondary N) is 2. The van der Waals surface area contributed by atoms with Gasteiger partial charge in [0, 0.05) is 12.1 Å². The normalized spacial score (nSPS) is 13.7. The summed E-state index contributed by atoms with van der Waals surface area (Å²) in [5.41, 5.74) is 4.89. The summed E-state index contributed by atoms with van der Waals surface area (Å²) >= 11 is 5.49. The van der Waals surface area contributed by atoms with Crippen molar-refractivity contribution in [3.63, 3.8) is 0 Å². The zero-order valence-corrected chi connectivity index (χ0v) is 19.0. The van der Waals surface area contributed by atoms with Gasteiger partial charge in [-0.3, -0.25) is 0 Å². The molecule has 0 radical (unpaired) electrons. The molecule has 0 amide bonds. The third kappa shape index (κ3) is 10.9. The third-order valence-electron chi connectivity index (χ3n) is 4.09. The van der Waals surface area contributed by atoms with Crippen LogP contribution in [0.2, 0.25) is 0 Å². The minimum Gasteiger partial charge on any atom is -0.242 e. The molecule has 0 aromatic heterocycles. The van der Waals surface area contributed by atoms with Gasteiger partial charge in [-0.05, 0) is 71.4 Å². The molecule has 0 bridgehead atoms. The van der Waals surface area contributed by atoms with E-state index in [1.165, 1.54) is 22.3 Å². The number of hydrogen-bond acceptors (Lipinski definition) is 2. The molecule has 29 heavy (non-hydrogen) atoms. The molecule has 5 heteroatoms. The molecule has 0 aliphatic heterocycles. The molecule has 0 saturated carbocycles. The van der Waals surface area contributed by atoms with Crippen molar-refractivity contribution in [3.05, 3.63) is 70.8 Å². The van der Waals surface area contributed by atoms with Gasteiger partial charge in [0.15, 0.2) is 0 Å². The van der Waals surface area contributed by atoms with Crippen molar-refractivity contribution in [3.8, 4) is 0 Å². The summed E-state index contributed by atoms with van der Waals surface area (Å²) in [5, 5.41) is 0. The zero-order chi connectivity index (χ0) is 20.6. The number of benzene rings is 2. The molecule has 0 aliphatic rings. The van der Waals surface area contributed by atoms with Crippen LogP contribution in [0.4, 0.5) is 0 Å². The third-order valence-corrected chi connectivity index (χ3v) is 6.10. The summed E-state index contributed by atoms with van der Waals surface area (Å²) in [5.74, 6) is 0. The van der Waals surface area contributed by atoms with Gasteiger partial charge in [-0.25, -0.2) is 13.8 Å². The molecule has 2 N–H and O–H groups in total. The quantitative estimate of drug-likeness (QED) is 0.483. The van der Waals surface area contributed by atoms with Crippen LogP contribution in [0.5, 0.6) is 0 Å². The predicted molar refractivity (Wildman–Crippen MR) is 133 cm³/mol. The monoisotopic (exact) mass is 440 g/mol. The van der Waals surface area contributed by atoms with Crippen molar-refractivity contribution in [1.82, 2.24) is 9.56 Å². The summed E-state index contributed by atoms with van der Waals surface area (Å²) in [6.45, 7) is 14.1. The van der Waals surface area contributed by atoms with Crippen molar-refractivity contribution in [2.45, 2.75) is 80.2 Å². The fourth-order valence-electron chi connectivity index (χ4n) is 2.35. The summed E-state index contributed by atoms with van der Waals surface area (Å²) in [6, 6.07) is 16.9. The molecule has 0 aliphatic carbocycles. The largest absolute Gasteiger partial charge is 0.242 e. The average Bonchev–Trinajstić information content (AvgIpc) is 2.60. The van der Waals surface area contributed by atoms with Crippen LogP contribution in [0.3, 0.4) is 0 Å². The van der Waals surface area contributed by atoms with Crippen LogP contribution in [0.25, 0.3) is 0 Å². The maximum atomic E-state index is 11.9. The lowest BCUT2D eigenvalue weighted by molar-refractivity contribution is 0.616. The van der Waals surface area contributed by atoms with E-state index in [0.717, 1.165) is 0 Å². The Labute approximate surface area is 187 Å². The first-order valence-corrected chi connectivity index (χ1v) is 10.7. The molecule has 0 fully saturated rings. The van der Waals surface area contributed by atoms with Crippen molar-refractivity contribution in [1.29, 1.82) is 0 Å². The van der Waals surface area contributed by atoms with Crippen LogP contribution < -0.4 is 9.56 Å². The van der Waals surface area contributed by atoms with E-state index >= 15 is 0 Å². The minimum atomic E-state index is -1.02. The molecular weight excluding hydrogens is 400 g/mol. The maximum absolute atomic E-state index is 11.9. The minimum absolute atomic E-state index is 0. The Balaban J connectivity index is 0. The van der Waals surface area contributed by atoms with Crippen LogP contribution in [-0.2, 0) is 11.0 Å². The molecule has 0 heterocycles. The van der Waals surface area contributed by atoms with Gasteiger partial charge in [0.2, 0.25) is 0 Å².